The van der Waals surface area contributed by atoms with Gasteiger partial charge in [0.1, 0.15) is 4.64 Å². The molecule has 0 aliphatic heterocycles. The molecule has 0 aliphatic rings. The molecular formula is C16H16N4S2. The summed E-state index contributed by atoms with van der Waals surface area (Å²) in [5.74, 6) is 1.69. The Morgan fingerprint density at radius 1 is 1.14 bits per heavy atom. The van der Waals surface area contributed by atoms with Crippen LogP contribution in [-0.4, -0.2) is 19.7 Å². The molecule has 0 radical (unpaired) electrons. The predicted molar refractivity (Wildman–Crippen MR) is 92.3 cm³/mol. The highest BCUT2D eigenvalue weighted by Crippen LogP contribution is 2.26. The van der Waals surface area contributed by atoms with Crippen LogP contribution in [0.3, 0.4) is 0 Å². The summed E-state index contributed by atoms with van der Waals surface area (Å²) < 4.78 is 2.79. The minimum Gasteiger partial charge on any atom is -0.352 e. The van der Waals surface area contributed by atoms with E-state index >= 15 is 0 Å². The zero-order chi connectivity index (χ0) is 15.4. The largest absolute Gasteiger partial charge is 0.352 e. The van der Waals surface area contributed by atoms with Crippen LogP contribution in [-0.2, 0) is 12.3 Å². The van der Waals surface area contributed by atoms with Crippen LogP contribution < -0.4 is 0 Å². The third kappa shape index (κ3) is 3.13. The van der Waals surface area contributed by atoms with Gasteiger partial charge in [-0.05, 0) is 24.6 Å². The number of aromatic amines is 1. The normalized spacial score (nSPS) is 10.8. The van der Waals surface area contributed by atoms with Gasteiger partial charge in [-0.15, -0.1) is 10.2 Å². The Morgan fingerprint density at radius 3 is 2.68 bits per heavy atom. The molecular weight excluding hydrogens is 312 g/mol. The quantitative estimate of drug-likeness (QED) is 0.560. The molecule has 3 rings (SSSR count). The van der Waals surface area contributed by atoms with Gasteiger partial charge < -0.3 is 9.55 Å². The smallest absolute Gasteiger partial charge is 0.191 e. The maximum absolute atomic E-state index is 5.35. The van der Waals surface area contributed by atoms with E-state index in [1.807, 2.05) is 24.4 Å². The molecule has 2 heterocycles. The van der Waals surface area contributed by atoms with Gasteiger partial charge in [0.25, 0.3) is 0 Å². The molecule has 22 heavy (non-hydrogen) atoms. The summed E-state index contributed by atoms with van der Waals surface area (Å²) in [6.07, 6.45) is 1.82. The molecule has 6 heteroatoms. The predicted octanol–water partition coefficient (Wildman–Crippen LogP) is 4.31. The van der Waals surface area contributed by atoms with Crippen molar-refractivity contribution in [2.75, 3.05) is 0 Å². The van der Waals surface area contributed by atoms with E-state index in [0.717, 1.165) is 28.8 Å². The van der Waals surface area contributed by atoms with Crippen molar-refractivity contribution in [3.8, 4) is 11.4 Å². The van der Waals surface area contributed by atoms with Gasteiger partial charge in [0, 0.05) is 18.5 Å². The second kappa shape index (κ2) is 6.89. The fraction of sp³-hybridized carbons (Fsp3) is 0.188. The first-order chi connectivity index (χ1) is 10.8. The monoisotopic (exact) mass is 328 g/mol. The van der Waals surface area contributed by atoms with Crippen molar-refractivity contribution in [1.82, 2.24) is 19.7 Å². The molecule has 1 N–H and O–H groups in total. The molecule has 0 saturated heterocycles. The van der Waals surface area contributed by atoms with Crippen LogP contribution in [0.15, 0.2) is 53.8 Å². The Kier molecular flexibility index (Phi) is 4.70. The Bertz CT molecular complexity index is 808. The molecule has 0 bridgehead atoms. The van der Waals surface area contributed by atoms with E-state index < -0.39 is 0 Å². The number of aromatic nitrogens is 4. The molecule has 0 saturated carbocycles. The number of rotatable bonds is 5. The summed E-state index contributed by atoms with van der Waals surface area (Å²) in [5, 5.41) is 9.59. The van der Waals surface area contributed by atoms with Crippen molar-refractivity contribution >= 4 is 24.0 Å². The maximum atomic E-state index is 5.35. The summed E-state index contributed by atoms with van der Waals surface area (Å²) >= 11 is 7.04. The third-order valence-corrected chi connectivity index (χ3v) is 4.68. The fourth-order valence-corrected chi connectivity index (χ4v) is 3.39. The second-order valence-corrected chi connectivity index (χ2v) is 6.09. The third-order valence-electron chi connectivity index (χ3n) is 3.30. The van der Waals surface area contributed by atoms with Crippen molar-refractivity contribution in [3.05, 3.63) is 58.9 Å². The zero-order valence-corrected chi connectivity index (χ0v) is 13.8. The van der Waals surface area contributed by atoms with Gasteiger partial charge in [-0.3, -0.25) is 0 Å². The van der Waals surface area contributed by atoms with E-state index in [1.165, 1.54) is 5.56 Å². The number of benzene rings is 1. The lowest BCUT2D eigenvalue weighted by atomic mass is 10.2. The summed E-state index contributed by atoms with van der Waals surface area (Å²) in [7, 11) is 0. The van der Waals surface area contributed by atoms with Crippen LogP contribution in [0.25, 0.3) is 11.4 Å². The van der Waals surface area contributed by atoms with Gasteiger partial charge in [0.2, 0.25) is 0 Å². The van der Waals surface area contributed by atoms with Gasteiger partial charge in [-0.1, -0.05) is 54.3 Å². The van der Waals surface area contributed by atoms with Gasteiger partial charge in [-0.25, -0.2) is 0 Å². The first-order valence-corrected chi connectivity index (χ1v) is 8.47. The molecule has 3 aromatic rings. The van der Waals surface area contributed by atoms with Crippen LogP contribution in [0.4, 0.5) is 0 Å². The second-order valence-electron chi connectivity index (χ2n) is 4.74. The van der Waals surface area contributed by atoms with Crippen molar-refractivity contribution in [1.29, 1.82) is 0 Å². The lowest BCUT2D eigenvalue weighted by Crippen LogP contribution is -2.00. The number of hydrogen-bond acceptors (Lipinski definition) is 4. The molecule has 2 aromatic heterocycles. The summed E-state index contributed by atoms with van der Waals surface area (Å²) in [5.41, 5.74) is 2.19. The van der Waals surface area contributed by atoms with Crippen LogP contribution in [0.1, 0.15) is 12.5 Å². The maximum Gasteiger partial charge on any atom is 0.191 e. The first kappa shape index (κ1) is 15.0. The van der Waals surface area contributed by atoms with E-state index in [2.05, 4.69) is 50.9 Å². The molecule has 112 valence electrons. The minimum atomic E-state index is 0.684. The lowest BCUT2D eigenvalue weighted by Gasteiger charge is -2.07. The van der Waals surface area contributed by atoms with E-state index in [4.69, 9.17) is 12.2 Å². The number of H-pyrrole nitrogens is 1. The Morgan fingerprint density at radius 2 is 1.95 bits per heavy atom. The lowest BCUT2D eigenvalue weighted by molar-refractivity contribution is 0.687. The number of hydrogen-bond donors (Lipinski definition) is 1. The van der Waals surface area contributed by atoms with E-state index in [-0.39, 0.29) is 0 Å². The van der Waals surface area contributed by atoms with Gasteiger partial charge in [-0.2, -0.15) is 0 Å². The Hall–Kier alpha value is -1.92. The highest BCUT2D eigenvalue weighted by atomic mass is 32.2. The highest BCUT2D eigenvalue weighted by molar-refractivity contribution is 7.98. The minimum absolute atomic E-state index is 0.684. The molecule has 0 aliphatic carbocycles. The average Bonchev–Trinajstić information content (AvgIpc) is 2.97. The van der Waals surface area contributed by atoms with E-state index in [9.17, 15) is 0 Å². The highest BCUT2D eigenvalue weighted by Gasteiger charge is 2.14. The Balaban J connectivity index is 1.88. The van der Waals surface area contributed by atoms with Crippen LogP contribution in [0.5, 0.6) is 0 Å². The number of nitrogens with one attached hydrogen (secondary N) is 1. The summed E-state index contributed by atoms with van der Waals surface area (Å²) in [6, 6.07) is 14.3. The van der Waals surface area contributed by atoms with Crippen LogP contribution in [0, 0.1) is 4.64 Å². The molecule has 0 fully saturated rings. The summed E-state index contributed by atoms with van der Waals surface area (Å²) in [6.45, 7) is 2.90. The zero-order valence-electron chi connectivity index (χ0n) is 12.2. The SMILES string of the molecule is CCn1c(SCc2ccccc2)nnc1-c1ccc[nH]c1=S. The fourth-order valence-electron chi connectivity index (χ4n) is 2.20. The number of thioether (sulfide) groups is 1. The number of nitrogens with zero attached hydrogens (tertiary/aromatic N) is 3. The molecule has 0 unspecified atom stereocenters. The van der Waals surface area contributed by atoms with Gasteiger partial charge >= 0.3 is 0 Å². The van der Waals surface area contributed by atoms with Crippen molar-refractivity contribution in [2.45, 2.75) is 24.4 Å². The van der Waals surface area contributed by atoms with Crippen molar-refractivity contribution in [3.63, 3.8) is 0 Å². The molecule has 1 aromatic carbocycles. The van der Waals surface area contributed by atoms with E-state index in [0.29, 0.717) is 4.64 Å². The topological polar surface area (TPSA) is 46.5 Å². The summed E-state index contributed by atoms with van der Waals surface area (Å²) in [4.78, 5) is 3.04. The molecule has 0 amide bonds. The molecule has 4 nitrogen and oxygen atoms in total. The average molecular weight is 328 g/mol. The van der Waals surface area contributed by atoms with E-state index in [1.54, 1.807) is 11.8 Å². The van der Waals surface area contributed by atoms with Crippen molar-refractivity contribution in [2.24, 2.45) is 0 Å². The first-order valence-electron chi connectivity index (χ1n) is 7.07. The van der Waals surface area contributed by atoms with Crippen molar-refractivity contribution < 1.29 is 0 Å². The molecule has 0 spiro atoms. The van der Waals surface area contributed by atoms with Gasteiger partial charge in [0.15, 0.2) is 11.0 Å². The number of pyridine rings is 1. The van der Waals surface area contributed by atoms with Gasteiger partial charge in [0.05, 0.1) is 5.56 Å². The standard InChI is InChI=1S/C16H16N4S2/c1-2-20-14(13-9-6-10-17-15(13)21)18-19-16(20)22-11-12-7-4-3-5-8-12/h3-10H,2,11H2,1H3,(H,17,21). The Labute approximate surface area is 138 Å². The van der Waals surface area contributed by atoms with Crippen LogP contribution in [0.2, 0.25) is 0 Å². The van der Waals surface area contributed by atoms with Crippen LogP contribution >= 0.6 is 24.0 Å². The molecule has 0 atom stereocenters.